The summed E-state index contributed by atoms with van der Waals surface area (Å²) in [5.41, 5.74) is 11.4. The predicted octanol–water partition coefficient (Wildman–Crippen LogP) is 4.16. The molecule has 2 unspecified atom stereocenters. The molecule has 2 nitrogen and oxygen atoms in total. The monoisotopic (exact) mass is 280 g/mol. The van der Waals surface area contributed by atoms with Gasteiger partial charge < -0.3 is 11.1 Å². The molecule has 0 fully saturated rings. The number of aryl methyl sites for hydroxylation is 1. The Labute approximate surface area is 127 Å². The lowest BCUT2D eigenvalue weighted by molar-refractivity contribution is 0.391. The van der Waals surface area contributed by atoms with Gasteiger partial charge in [0.25, 0.3) is 0 Å². The molecule has 3 rings (SSSR count). The molecular formula is C19H24N2. The van der Waals surface area contributed by atoms with Crippen LogP contribution in [0.15, 0.2) is 48.5 Å². The van der Waals surface area contributed by atoms with E-state index in [1.165, 1.54) is 28.8 Å². The molecule has 0 saturated heterocycles. The lowest BCUT2D eigenvalue weighted by Crippen LogP contribution is -2.45. The van der Waals surface area contributed by atoms with Gasteiger partial charge in [-0.25, -0.2) is 0 Å². The first-order valence-corrected chi connectivity index (χ1v) is 7.79. The van der Waals surface area contributed by atoms with Crippen molar-refractivity contribution in [1.82, 2.24) is 0 Å². The van der Waals surface area contributed by atoms with Crippen LogP contribution in [-0.2, 0) is 5.54 Å². The Bertz CT molecular complexity index is 635. The van der Waals surface area contributed by atoms with E-state index in [4.69, 9.17) is 5.73 Å². The van der Waals surface area contributed by atoms with Crippen molar-refractivity contribution in [3.8, 4) is 0 Å². The minimum Gasteiger partial charge on any atom is -0.374 e. The van der Waals surface area contributed by atoms with Crippen molar-refractivity contribution in [2.24, 2.45) is 5.73 Å². The van der Waals surface area contributed by atoms with E-state index in [0.717, 1.165) is 6.42 Å². The van der Waals surface area contributed by atoms with E-state index in [9.17, 15) is 0 Å². The first kappa shape index (κ1) is 14.2. The third-order valence-electron chi connectivity index (χ3n) is 4.88. The lowest BCUT2D eigenvalue weighted by Gasteiger charge is -2.42. The predicted molar refractivity (Wildman–Crippen MR) is 89.6 cm³/mol. The number of para-hydroxylation sites is 1. The SMILES string of the molecule is Cc1ccccc1NC1(CN)CCC(C)c2ccccc21. The molecule has 1 aliphatic rings. The van der Waals surface area contributed by atoms with Gasteiger partial charge in [-0.1, -0.05) is 49.4 Å². The second-order valence-corrected chi connectivity index (χ2v) is 6.25. The van der Waals surface area contributed by atoms with Crippen molar-refractivity contribution >= 4 is 5.69 Å². The lowest BCUT2D eigenvalue weighted by atomic mass is 9.72. The van der Waals surface area contributed by atoms with Gasteiger partial charge in [0, 0.05) is 12.2 Å². The highest BCUT2D eigenvalue weighted by molar-refractivity contribution is 5.55. The fourth-order valence-corrected chi connectivity index (χ4v) is 3.48. The molecule has 0 saturated carbocycles. The van der Waals surface area contributed by atoms with Crippen LogP contribution in [0.4, 0.5) is 5.69 Å². The van der Waals surface area contributed by atoms with Gasteiger partial charge in [-0.05, 0) is 48.4 Å². The summed E-state index contributed by atoms with van der Waals surface area (Å²) in [6.45, 7) is 5.07. The van der Waals surface area contributed by atoms with Gasteiger partial charge in [-0.3, -0.25) is 0 Å². The zero-order valence-electron chi connectivity index (χ0n) is 12.9. The van der Waals surface area contributed by atoms with Crippen molar-refractivity contribution in [2.75, 3.05) is 11.9 Å². The van der Waals surface area contributed by atoms with E-state index in [2.05, 4.69) is 67.7 Å². The van der Waals surface area contributed by atoms with Crippen LogP contribution in [-0.4, -0.2) is 6.54 Å². The van der Waals surface area contributed by atoms with Crippen molar-refractivity contribution in [1.29, 1.82) is 0 Å². The molecule has 2 heteroatoms. The number of anilines is 1. The smallest absolute Gasteiger partial charge is 0.0750 e. The van der Waals surface area contributed by atoms with Gasteiger partial charge in [0.15, 0.2) is 0 Å². The first-order valence-electron chi connectivity index (χ1n) is 7.79. The standard InChI is InChI=1S/C19H24N2/c1-14-11-12-19(13-20,17-9-5-4-8-16(14)17)21-18-10-6-3-7-15(18)2/h3-10,14,21H,11-13,20H2,1-2H3. The highest BCUT2D eigenvalue weighted by Crippen LogP contribution is 2.42. The molecule has 2 atom stereocenters. The maximum absolute atomic E-state index is 6.23. The molecule has 0 amide bonds. The van der Waals surface area contributed by atoms with Gasteiger partial charge in [0.1, 0.15) is 0 Å². The van der Waals surface area contributed by atoms with Gasteiger partial charge in [0.2, 0.25) is 0 Å². The minimum atomic E-state index is -0.144. The van der Waals surface area contributed by atoms with Crippen molar-refractivity contribution in [3.05, 3.63) is 65.2 Å². The number of benzene rings is 2. The molecule has 21 heavy (non-hydrogen) atoms. The molecule has 2 aromatic carbocycles. The zero-order valence-corrected chi connectivity index (χ0v) is 12.9. The third-order valence-corrected chi connectivity index (χ3v) is 4.88. The second kappa shape index (κ2) is 5.53. The molecule has 1 aliphatic carbocycles. The number of nitrogens with one attached hydrogen (secondary N) is 1. The normalized spacial score (nSPS) is 24.4. The minimum absolute atomic E-state index is 0.144. The van der Waals surface area contributed by atoms with Crippen LogP contribution in [0.2, 0.25) is 0 Å². The van der Waals surface area contributed by atoms with E-state index >= 15 is 0 Å². The van der Waals surface area contributed by atoms with Crippen LogP contribution in [0.1, 0.15) is 42.4 Å². The Morgan fingerprint density at radius 2 is 1.86 bits per heavy atom. The van der Waals surface area contributed by atoms with E-state index in [1.54, 1.807) is 0 Å². The Morgan fingerprint density at radius 1 is 1.14 bits per heavy atom. The largest absolute Gasteiger partial charge is 0.374 e. The van der Waals surface area contributed by atoms with E-state index in [0.29, 0.717) is 12.5 Å². The maximum atomic E-state index is 6.23. The summed E-state index contributed by atoms with van der Waals surface area (Å²) in [5, 5.41) is 3.76. The van der Waals surface area contributed by atoms with Crippen LogP contribution in [0.25, 0.3) is 0 Å². The van der Waals surface area contributed by atoms with Crippen LogP contribution in [0, 0.1) is 6.92 Å². The molecule has 0 spiro atoms. The molecule has 2 aromatic rings. The topological polar surface area (TPSA) is 38.0 Å². The van der Waals surface area contributed by atoms with Crippen molar-refractivity contribution < 1.29 is 0 Å². The highest BCUT2D eigenvalue weighted by Gasteiger charge is 2.37. The van der Waals surface area contributed by atoms with Gasteiger partial charge in [0.05, 0.1) is 5.54 Å². The Morgan fingerprint density at radius 3 is 2.62 bits per heavy atom. The average Bonchev–Trinajstić information content (AvgIpc) is 2.53. The number of hydrogen-bond acceptors (Lipinski definition) is 2. The average molecular weight is 280 g/mol. The molecule has 0 aromatic heterocycles. The molecule has 0 heterocycles. The number of rotatable bonds is 3. The Balaban J connectivity index is 2.05. The van der Waals surface area contributed by atoms with Crippen molar-refractivity contribution in [3.63, 3.8) is 0 Å². The first-order chi connectivity index (χ1) is 10.2. The summed E-state index contributed by atoms with van der Waals surface area (Å²) in [6.07, 6.45) is 2.25. The fourth-order valence-electron chi connectivity index (χ4n) is 3.48. The Kier molecular flexibility index (Phi) is 3.73. The summed E-state index contributed by atoms with van der Waals surface area (Å²) in [6, 6.07) is 17.2. The van der Waals surface area contributed by atoms with Crippen LogP contribution >= 0.6 is 0 Å². The van der Waals surface area contributed by atoms with Crippen LogP contribution < -0.4 is 11.1 Å². The summed E-state index contributed by atoms with van der Waals surface area (Å²) >= 11 is 0. The van der Waals surface area contributed by atoms with Crippen LogP contribution in [0.5, 0.6) is 0 Å². The fraction of sp³-hybridized carbons (Fsp3) is 0.368. The summed E-state index contributed by atoms with van der Waals surface area (Å²) < 4.78 is 0. The Hall–Kier alpha value is -1.80. The van der Waals surface area contributed by atoms with E-state index < -0.39 is 0 Å². The molecule has 0 bridgehead atoms. The van der Waals surface area contributed by atoms with Crippen molar-refractivity contribution in [2.45, 2.75) is 38.1 Å². The number of hydrogen-bond donors (Lipinski definition) is 2. The zero-order chi connectivity index (χ0) is 14.9. The van der Waals surface area contributed by atoms with Crippen LogP contribution in [0.3, 0.4) is 0 Å². The second-order valence-electron chi connectivity index (χ2n) is 6.25. The molecular weight excluding hydrogens is 256 g/mol. The molecule has 110 valence electrons. The third kappa shape index (κ3) is 2.44. The molecule has 0 radical (unpaired) electrons. The quantitative estimate of drug-likeness (QED) is 0.886. The van der Waals surface area contributed by atoms with Gasteiger partial charge in [-0.15, -0.1) is 0 Å². The van der Waals surface area contributed by atoms with Gasteiger partial charge in [-0.2, -0.15) is 0 Å². The number of fused-ring (bicyclic) bond motifs is 1. The maximum Gasteiger partial charge on any atom is 0.0750 e. The molecule has 0 aliphatic heterocycles. The van der Waals surface area contributed by atoms with E-state index in [-0.39, 0.29) is 5.54 Å². The van der Waals surface area contributed by atoms with E-state index in [1.807, 2.05) is 0 Å². The summed E-state index contributed by atoms with van der Waals surface area (Å²) in [7, 11) is 0. The molecule has 3 N–H and O–H groups in total. The summed E-state index contributed by atoms with van der Waals surface area (Å²) in [4.78, 5) is 0. The summed E-state index contributed by atoms with van der Waals surface area (Å²) in [5.74, 6) is 0.611. The number of nitrogens with two attached hydrogens (primary N) is 1. The highest BCUT2D eigenvalue weighted by atomic mass is 15.0. The van der Waals surface area contributed by atoms with Gasteiger partial charge >= 0.3 is 0 Å².